The molecule has 0 spiro atoms. The number of nitrogens with zero attached hydrogens (tertiary/aromatic N) is 1. The Bertz CT molecular complexity index is 1500. The van der Waals surface area contributed by atoms with Crippen LogP contribution in [0.3, 0.4) is 0 Å². The van der Waals surface area contributed by atoms with Crippen molar-refractivity contribution in [2.24, 2.45) is 29.2 Å². The van der Waals surface area contributed by atoms with Gasteiger partial charge in [0.2, 0.25) is 0 Å². The Morgan fingerprint density at radius 3 is 2.25 bits per heavy atom. The minimum atomic E-state index is -1.20. The summed E-state index contributed by atoms with van der Waals surface area (Å²) in [7, 11) is 3.41. The molecule has 0 saturated carbocycles. The third kappa shape index (κ3) is 4.39. The van der Waals surface area contributed by atoms with Crippen molar-refractivity contribution < 1.29 is 29.7 Å². The summed E-state index contributed by atoms with van der Waals surface area (Å²) in [4.78, 5) is 41.0. The zero-order valence-corrected chi connectivity index (χ0v) is 23.1. The van der Waals surface area contributed by atoms with Gasteiger partial charge in [-0.05, 0) is 87.4 Å². The Kier molecular flexibility index (Phi) is 6.63. The Morgan fingerprint density at radius 2 is 1.68 bits per heavy atom. The lowest BCUT2D eigenvalue weighted by atomic mass is 9.60. The minimum Gasteiger partial charge on any atom is -0.511 e. The number of Topliss-reactive ketones (excluding diaryl/α,β-unsaturated/α-hetero) is 2. The van der Waals surface area contributed by atoms with E-state index in [1.807, 2.05) is 38.1 Å². The van der Waals surface area contributed by atoms with Gasteiger partial charge in [0.05, 0.1) is 17.5 Å². The normalized spacial score (nSPS) is 24.6. The van der Waals surface area contributed by atoms with Crippen LogP contribution in [0.2, 0.25) is 0 Å². The van der Waals surface area contributed by atoms with Gasteiger partial charge < -0.3 is 26.8 Å². The van der Waals surface area contributed by atoms with Crippen molar-refractivity contribution in [2.45, 2.75) is 44.7 Å². The average molecular weight is 546 g/mol. The highest BCUT2D eigenvalue weighted by Crippen LogP contribution is 2.51. The molecule has 2 aromatic rings. The van der Waals surface area contributed by atoms with Gasteiger partial charge in [0.15, 0.2) is 11.6 Å². The number of carbonyl (C=O) groups excluding carboxylic acids is 3. The van der Waals surface area contributed by atoms with Gasteiger partial charge in [-0.25, -0.2) is 0 Å². The summed E-state index contributed by atoms with van der Waals surface area (Å²) in [6.45, 7) is 3.92. The maximum absolute atomic E-state index is 13.9. The van der Waals surface area contributed by atoms with Gasteiger partial charge in [0.25, 0.3) is 5.91 Å². The number of nitrogens with two attached hydrogens (primary N) is 2. The maximum Gasteiger partial charge on any atom is 0.255 e. The zero-order valence-electron chi connectivity index (χ0n) is 23.1. The van der Waals surface area contributed by atoms with Crippen molar-refractivity contribution in [3.63, 3.8) is 0 Å². The molecule has 1 amide bonds. The lowest BCUT2D eigenvalue weighted by Gasteiger charge is -2.46. The van der Waals surface area contributed by atoms with E-state index in [1.54, 1.807) is 25.1 Å². The second-order valence-electron chi connectivity index (χ2n) is 12.2. The Balaban J connectivity index is 1.61. The molecule has 0 heterocycles. The first-order valence-electron chi connectivity index (χ1n) is 13.4. The fraction of sp³-hybridized carbons (Fsp3) is 0.387. The van der Waals surface area contributed by atoms with Crippen molar-refractivity contribution in [3.05, 3.63) is 75.8 Å². The molecule has 5 rings (SSSR count). The van der Waals surface area contributed by atoms with E-state index in [9.17, 15) is 29.7 Å². The Hall–Kier alpha value is -3.95. The topological polar surface area (TPSA) is 167 Å². The number of hydrogen-bond acceptors (Lipinski definition) is 8. The summed E-state index contributed by atoms with van der Waals surface area (Å²) >= 11 is 0. The van der Waals surface area contributed by atoms with E-state index in [2.05, 4.69) is 0 Å². The van der Waals surface area contributed by atoms with E-state index >= 15 is 0 Å². The summed E-state index contributed by atoms with van der Waals surface area (Å²) in [5.41, 5.74) is 14.3. The molecule has 0 bridgehead atoms. The number of rotatable bonds is 5. The highest BCUT2D eigenvalue weighted by molar-refractivity contribution is 6.22. The third-order valence-corrected chi connectivity index (χ3v) is 8.37. The second-order valence-corrected chi connectivity index (χ2v) is 12.2. The number of ketones is 2. The van der Waals surface area contributed by atoms with Crippen LogP contribution in [0.15, 0.2) is 59.1 Å². The van der Waals surface area contributed by atoms with Gasteiger partial charge in [-0.1, -0.05) is 30.3 Å². The third-order valence-electron chi connectivity index (χ3n) is 8.37. The van der Waals surface area contributed by atoms with Crippen LogP contribution in [0.4, 0.5) is 0 Å². The fourth-order valence-corrected chi connectivity index (χ4v) is 6.87. The lowest BCUT2D eigenvalue weighted by Crippen LogP contribution is -2.53. The second kappa shape index (κ2) is 9.60. The number of allylic oxidation sites excluding steroid dienone is 2. The van der Waals surface area contributed by atoms with Crippen LogP contribution in [0, 0.1) is 17.8 Å². The standard InChI is InChI=1S/C31H35N3O6/c1-31(2,33)13-14-5-7-15(8-6-14)17-9-10-20(35)22-18(17)11-16-12-19-23(27(37)21(16)26(22)36)28(38)24(30(32)40)29(39)25(19)34(3)4/h5-10,16,19,23,25,35,37,39H,11-13,33H2,1-4H3,(H2,32,40)/t16?,19?,23?,25-/m0/s1. The minimum absolute atomic E-state index is 0.0674. The van der Waals surface area contributed by atoms with Gasteiger partial charge in [-0.2, -0.15) is 0 Å². The molecule has 9 nitrogen and oxygen atoms in total. The van der Waals surface area contributed by atoms with Crippen LogP contribution in [0.25, 0.3) is 11.1 Å². The molecular formula is C31H35N3O6. The lowest BCUT2D eigenvalue weighted by molar-refractivity contribution is -0.127. The fourth-order valence-electron chi connectivity index (χ4n) is 6.87. The Labute approximate surface area is 232 Å². The molecule has 7 N–H and O–H groups in total. The number of phenols is 1. The Morgan fingerprint density at radius 1 is 1.02 bits per heavy atom. The van der Waals surface area contributed by atoms with Gasteiger partial charge in [-0.3, -0.25) is 19.3 Å². The van der Waals surface area contributed by atoms with Crippen LogP contribution < -0.4 is 11.5 Å². The van der Waals surface area contributed by atoms with Gasteiger partial charge in [-0.15, -0.1) is 0 Å². The van der Waals surface area contributed by atoms with Crippen molar-refractivity contribution in [1.82, 2.24) is 4.90 Å². The van der Waals surface area contributed by atoms with E-state index in [0.717, 1.165) is 16.7 Å². The first-order chi connectivity index (χ1) is 18.7. The summed E-state index contributed by atoms with van der Waals surface area (Å²) in [6.07, 6.45) is 1.34. The van der Waals surface area contributed by atoms with Gasteiger partial charge in [0.1, 0.15) is 22.8 Å². The number of likely N-dealkylation sites (N-methyl/N-ethyl adjacent to an activating group) is 1. The molecule has 3 unspecified atom stereocenters. The zero-order chi connectivity index (χ0) is 29.3. The number of aliphatic hydroxyl groups excluding tert-OH is 2. The number of hydrogen-bond donors (Lipinski definition) is 5. The maximum atomic E-state index is 13.9. The van der Waals surface area contributed by atoms with Crippen LogP contribution in [0.5, 0.6) is 5.75 Å². The van der Waals surface area contributed by atoms with Crippen LogP contribution in [-0.2, 0) is 22.4 Å². The number of carbonyl (C=O) groups is 3. The number of aliphatic hydroxyl groups is 2. The molecule has 3 aliphatic carbocycles. The quantitative estimate of drug-likeness (QED) is 0.358. The molecule has 9 heteroatoms. The number of benzene rings is 2. The molecule has 4 atom stereocenters. The first-order valence-corrected chi connectivity index (χ1v) is 13.4. The van der Waals surface area contributed by atoms with E-state index in [4.69, 9.17) is 11.5 Å². The molecule has 0 fully saturated rings. The smallest absolute Gasteiger partial charge is 0.255 e. The van der Waals surface area contributed by atoms with Crippen molar-refractivity contribution >= 4 is 17.5 Å². The molecular weight excluding hydrogens is 510 g/mol. The predicted molar refractivity (Wildman–Crippen MR) is 150 cm³/mol. The monoisotopic (exact) mass is 545 g/mol. The number of phenolic OH excluding ortho intramolecular Hbond substituents is 1. The summed E-state index contributed by atoms with van der Waals surface area (Å²) in [6, 6.07) is 10.4. The van der Waals surface area contributed by atoms with Crippen LogP contribution in [0.1, 0.15) is 41.8 Å². The number of aromatic hydroxyl groups is 1. The molecule has 0 saturated heterocycles. The molecule has 2 aromatic carbocycles. The van der Waals surface area contributed by atoms with E-state index < -0.39 is 58.4 Å². The SMILES string of the molecule is CN(C)[C@@H]1C(O)=C(C(N)=O)C(=O)C2C(O)=C3C(=O)c4c(O)ccc(-c5ccc(CC(C)(C)N)cc5)c4CC3CC21. The highest BCUT2D eigenvalue weighted by Gasteiger charge is 2.54. The average Bonchev–Trinajstić information content (AvgIpc) is 2.83. The molecule has 0 radical (unpaired) electrons. The summed E-state index contributed by atoms with van der Waals surface area (Å²) < 4.78 is 0. The van der Waals surface area contributed by atoms with Crippen LogP contribution in [-0.4, -0.2) is 63.4 Å². The largest absolute Gasteiger partial charge is 0.511 e. The predicted octanol–water partition coefficient (Wildman–Crippen LogP) is 2.95. The first kappa shape index (κ1) is 27.6. The number of primary amides is 1. The van der Waals surface area contributed by atoms with E-state index in [-0.39, 0.29) is 22.4 Å². The number of fused-ring (bicyclic) bond motifs is 3. The summed E-state index contributed by atoms with van der Waals surface area (Å²) in [5, 5.41) is 33.1. The van der Waals surface area contributed by atoms with Crippen LogP contribution >= 0.6 is 0 Å². The molecule has 0 aliphatic heterocycles. The van der Waals surface area contributed by atoms with E-state index in [1.165, 1.54) is 6.07 Å². The van der Waals surface area contributed by atoms with Crippen molar-refractivity contribution in [1.29, 1.82) is 0 Å². The number of amides is 1. The van der Waals surface area contributed by atoms with E-state index in [0.29, 0.717) is 24.8 Å². The molecule has 0 aromatic heterocycles. The highest BCUT2D eigenvalue weighted by atomic mass is 16.3. The summed E-state index contributed by atoms with van der Waals surface area (Å²) in [5.74, 6) is -5.72. The van der Waals surface area contributed by atoms with Gasteiger partial charge >= 0.3 is 0 Å². The molecule has 210 valence electrons. The van der Waals surface area contributed by atoms with Crippen molar-refractivity contribution in [3.8, 4) is 16.9 Å². The molecule has 3 aliphatic rings. The van der Waals surface area contributed by atoms with Crippen molar-refractivity contribution in [2.75, 3.05) is 14.1 Å². The molecule has 40 heavy (non-hydrogen) atoms. The van der Waals surface area contributed by atoms with Gasteiger partial charge in [0, 0.05) is 11.1 Å².